The first-order chi connectivity index (χ1) is 23.5. The second-order valence-corrected chi connectivity index (χ2v) is 13.7. The molecule has 3 aliphatic heterocycles. The number of piperidine rings is 1. The molecule has 0 bridgehead atoms. The van der Waals surface area contributed by atoms with Gasteiger partial charge >= 0.3 is 6.09 Å². The molecular formula is C35H38F4N6O4. The summed E-state index contributed by atoms with van der Waals surface area (Å²) in [7, 11) is 0. The SMILES string of the molecule is C[C@]1(NC(=O)OCCCc2cccc3cc(F)cc(-c4ncc5c(=O)[nH]c(OC[C@@]67CCCN6C[C@H](F)C7)nc5c4F)c23)CNC[C@H](F)C1. The van der Waals surface area contributed by atoms with Gasteiger partial charge in [-0.2, -0.15) is 4.98 Å². The lowest BCUT2D eigenvalue weighted by atomic mass is 9.91. The number of nitrogens with zero attached hydrogens (tertiary/aromatic N) is 3. The van der Waals surface area contributed by atoms with Crippen LogP contribution >= 0.6 is 0 Å². The van der Waals surface area contributed by atoms with E-state index in [-0.39, 0.29) is 54.4 Å². The van der Waals surface area contributed by atoms with E-state index in [0.717, 1.165) is 24.9 Å². The molecule has 260 valence electrons. The maximum Gasteiger partial charge on any atom is 0.407 e. The van der Waals surface area contributed by atoms with Gasteiger partial charge in [-0.05, 0) is 67.6 Å². The number of H-pyrrole nitrogens is 1. The monoisotopic (exact) mass is 682 g/mol. The van der Waals surface area contributed by atoms with Crippen LogP contribution in [0.4, 0.5) is 22.4 Å². The fourth-order valence-electron chi connectivity index (χ4n) is 7.76. The second-order valence-electron chi connectivity index (χ2n) is 13.7. The van der Waals surface area contributed by atoms with Crippen molar-refractivity contribution in [2.24, 2.45) is 0 Å². The Kier molecular flexibility index (Phi) is 8.94. The van der Waals surface area contributed by atoms with Crippen molar-refractivity contribution in [2.75, 3.05) is 39.4 Å². The van der Waals surface area contributed by atoms with Crippen molar-refractivity contribution >= 4 is 27.8 Å². The predicted molar refractivity (Wildman–Crippen MR) is 175 cm³/mol. The summed E-state index contributed by atoms with van der Waals surface area (Å²) < 4.78 is 70.7. The molecule has 3 N–H and O–H groups in total. The van der Waals surface area contributed by atoms with Crippen molar-refractivity contribution in [2.45, 2.75) is 68.9 Å². The van der Waals surface area contributed by atoms with E-state index in [1.54, 1.807) is 19.1 Å². The van der Waals surface area contributed by atoms with Crippen LogP contribution in [0.2, 0.25) is 0 Å². The molecule has 0 aliphatic carbocycles. The fourth-order valence-corrected chi connectivity index (χ4v) is 7.76. The second kappa shape index (κ2) is 13.2. The smallest absolute Gasteiger partial charge is 0.407 e. The summed E-state index contributed by atoms with van der Waals surface area (Å²) in [5.41, 5.74) is -1.47. The van der Waals surface area contributed by atoms with E-state index in [2.05, 4.69) is 30.5 Å². The zero-order valence-corrected chi connectivity index (χ0v) is 27.1. The molecule has 2 aromatic carbocycles. The highest BCUT2D eigenvalue weighted by Gasteiger charge is 2.49. The number of fused-ring (bicyclic) bond motifs is 3. The number of nitrogens with one attached hydrogen (secondary N) is 3. The van der Waals surface area contributed by atoms with Gasteiger partial charge in [0.15, 0.2) is 5.82 Å². The van der Waals surface area contributed by atoms with E-state index in [0.29, 0.717) is 43.1 Å². The molecule has 49 heavy (non-hydrogen) atoms. The summed E-state index contributed by atoms with van der Waals surface area (Å²) in [5, 5.41) is 6.66. The maximum atomic E-state index is 16.3. The lowest BCUT2D eigenvalue weighted by Gasteiger charge is -2.36. The third kappa shape index (κ3) is 6.67. The van der Waals surface area contributed by atoms with Crippen molar-refractivity contribution < 1.29 is 31.8 Å². The number of ether oxygens (including phenoxy) is 2. The number of carbonyl (C=O) groups excluding carboxylic acids is 1. The van der Waals surface area contributed by atoms with Gasteiger partial charge in [-0.1, -0.05) is 18.2 Å². The molecule has 4 aromatic rings. The molecule has 3 aliphatic rings. The van der Waals surface area contributed by atoms with Crippen LogP contribution in [-0.4, -0.2) is 88.8 Å². The number of pyridine rings is 1. The molecule has 5 heterocycles. The summed E-state index contributed by atoms with van der Waals surface area (Å²) in [5.74, 6) is -1.52. The Morgan fingerprint density at radius 1 is 1.18 bits per heavy atom. The summed E-state index contributed by atoms with van der Waals surface area (Å²) in [4.78, 5) is 38.5. The molecule has 0 radical (unpaired) electrons. The Hall–Kier alpha value is -4.30. The fraction of sp³-hybridized carbons (Fsp3) is 0.486. The van der Waals surface area contributed by atoms with Crippen molar-refractivity contribution in [3.05, 3.63) is 64.1 Å². The van der Waals surface area contributed by atoms with Gasteiger partial charge in [-0.3, -0.25) is 19.7 Å². The number of amides is 1. The zero-order valence-electron chi connectivity index (χ0n) is 27.1. The minimum Gasteiger partial charge on any atom is -0.463 e. The molecule has 3 fully saturated rings. The molecule has 4 atom stereocenters. The van der Waals surface area contributed by atoms with Crippen LogP contribution < -0.4 is 20.9 Å². The van der Waals surface area contributed by atoms with Crippen LogP contribution in [0.25, 0.3) is 32.9 Å². The van der Waals surface area contributed by atoms with E-state index in [1.165, 1.54) is 18.3 Å². The van der Waals surface area contributed by atoms with Gasteiger partial charge in [0.1, 0.15) is 36.0 Å². The van der Waals surface area contributed by atoms with Crippen LogP contribution in [0.3, 0.4) is 0 Å². The lowest BCUT2D eigenvalue weighted by Crippen LogP contribution is -2.58. The predicted octanol–water partition coefficient (Wildman–Crippen LogP) is 5.12. The molecule has 0 saturated carbocycles. The number of hydrogen-bond acceptors (Lipinski definition) is 8. The molecule has 3 saturated heterocycles. The molecule has 10 nitrogen and oxygen atoms in total. The molecule has 2 aromatic heterocycles. The van der Waals surface area contributed by atoms with Crippen LogP contribution in [0, 0.1) is 11.6 Å². The van der Waals surface area contributed by atoms with Crippen molar-refractivity contribution in [3.63, 3.8) is 0 Å². The van der Waals surface area contributed by atoms with Gasteiger partial charge in [0, 0.05) is 44.2 Å². The van der Waals surface area contributed by atoms with Gasteiger partial charge in [0.05, 0.1) is 23.1 Å². The van der Waals surface area contributed by atoms with Gasteiger partial charge < -0.3 is 20.1 Å². The number of carbonyl (C=O) groups is 1. The topological polar surface area (TPSA) is 121 Å². The number of rotatable bonds is 9. The first-order valence-electron chi connectivity index (χ1n) is 16.6. The third-order valence-electron chi connectivity index (χ3n) is 9.97. The molecule has 0 unspecified atom stereocenters. The normalized spacial score (nSPS) is 25.5. The Bertz CT molecular complexity index is 1960. The first kappa shape index (κ1) is 33.2. The molecule has 7 rings (SSSR count). The Labute approximate surface area is 279 Å². The average Bonchev–Trinajstić information content (AvgIpc) is 3.57. The van der Waals surface area contributed by atoms with Crippen molar-refractivity contribution in [1.82, 2.24) is 30.5 Å². The van der Waals surface area contributed by atoms with E-state index >= 15 is 4.39 Å². The number of hydrogen-bond donors (Lipinski definition) is 3. The Morgan fingerprint density at radius 2 is 2.04 bits per heavy atom. The summed E-state index contributed by atoms with van der Waals surface area (Å²) in [6, 6.07) is 7.63. The number of aromatic amines is 1. The van der Waals surface area contributed by atoms with Crippen molar-refractivity contribution in [3.8, 4) is 17.3 Å². The molecule has 14 heteroatoms. The number of aromatic nitrogens is 3. The van der Waals surface area contributed by atoms with E-state index in [9.17, 15) is 22.8 Å². The molecular weight excluding hydrogens is 644 g/mol. The van der Waals surface area contributed by atoms with Crippen LogP contribution in [0.1, 0.15) is 44.6 Å². The third-order valence-corrected chi connectivity index (χ3v) is 9.97. The highest BCUT2D eigenvalue weighted by atomic mass is 19.1. The number of benzene rings is 2. The Morgan fingerprint density at radius 3 is 2.88 bits per heavy atom. The highest BCUT2D eigenvalue weighted by Crippen LogP contribution is 2.40. The molecule has 1 amide bonds. The highest BCUT2D eigenvalue weighted by molar-refractivity contribution is 5.99. The van der Waals surface area contributed by atoms with Crippen LogP contribution in [0.5, 0.6) is 6.01 Å². The minimum absolute atomic E-state index is 0.0599. The van der Waals surface area contributed by atoms with Crippen LogP contribution in [-0.2, 0) is 11.2 Å². The lowest BCUT2D eigenvalue weighted by molar-refractivity contribution is 0.107. The zero-order chi connectivity index (χ0) is 34.3. The summed E-state index contributed by atoms with van der Waals surface area (Å²) in [6.45, 7) is 3.68. The van der Waals surface area contributed by atoms with Gasteiger partial charge in [0.25, 0.3) is 11.6 Å². The first-order valence-corrected chi connectivity index (χ1v) is 16.6. The van der Waals surface area contributed by atoms with E-state index < -0.39 is 46.7 Å². The number of alkyl halides is 2. The maximum absolute atomic E-state index is 16.3. The largest absolute Gasteiger partial charge is 0.463 e. The van der Waals surface area contributed by atoms with Gasteiger partial charge in [-0.25, -0.2) is 22.4 Å². The Balaban J connectivity index is 1.12. The molecule has 0 spiro atoms. The average molecular weight is 683 g/mol. The van der Waals surface area contributed by atoms with Gasteiger partial charge in [-0.15, -0.1) is 0 Å². The standard InChI is InChI=1S/C35H38F4N6O4/c1-34(13-23(37)15-40-18-34)44-33(47)48-10-3-7-20-5-2-6-21-11-22(36)12-25(27(20)21)29-28(39)30-26(16-41-29)31(46)43-32(42-30)49-19-35-8-4-9-45(35)17-24(38)14-35/h2,5-6,11-12,16,23-24,40H,3-4,7-10,13-15,17-19H2,1H3,(H,44,47)(H,42,43,46)/t23-,24-,34-,35+/m1/s1. The summed E-state index contributed by atoms with van der Waals surface area (Å²) in [6.07, 6.45) is 1.48. The minimum atomic E-state index is -1.07. The van der Waals surface area contributed by atoms with E-state index in [1.807, 2.05) is 6.07 Å². The number of halogens is 4. The number of aryl methyl sites for hydroxylation is 1. The van der Waals surface area contributed by atoms with Crippen molar-refractivity contribution in [1.29, 1.82) is 0 Å². The van der Waals surface area contributed by atoms with Crippen LogP contribution in [0.15, 0.2) is 41.3 Å². The number of alkyl carbamates (subject to hydrolysis) is 1. The quantitative estimate of drug-likeness (QED) is 0.164. The van der Waals surface area contributed by atoms with E-state index in [4.69, 9.17) is 9.47 Å². The van der Waals surface area contributed by atoms with Gasteiger partial charge in [0.2, 0.25) is 0 Å². The summed E-state index contributed by atoms with van der Waals surface area (Å²) >= 11 is 0.